The molecule has 0 radical (unpaired) electrons. The van der Waals surface area contributed by atoms with Crippen LogP contribution in [0.2, 0.25) is 0 Å². The Labute approximate surface area is 250 Å². The molecule has 1 atom stereocenters. The minimum atomic E-state index is -1.12. The van der Waals surface area contributed by atoms with E-state index < -0.39 is 23.4 Å². The number of hydrogen-bond donors (Lipinski definition) is 1. The monoisotopic (exact) mass is 597 g/mol. The number of likely N-dealkylation sites (tertiary alicyclic amines) is 2. The summed E-state index contributed by atoms with van der Waals surface area (Å²) < 4.78 is 11.2. The zero-order chi connectivity index (χ0) is 30.2. The van der Waals surface area contributed by atoms with E-state index in [2.05, 4.69) is 15.2 Å². The van der Waals surface area contributed by atoms with Crippen LogP contribution in [-0.4, -0.2) is 93.1 Å². The molecule has 2 aromatic rings. The van der Waals surface area contributed by atoms with E-state index in [1.54, 1.807) is 33.0 Å². The molecule has 1 spiro atoms. The van der Waals surface area contributed by atoms with Crippen LogP contribution < -0.4 is 5.32 Å². The van der Waals surface area contributed by atoms with Crippen LogP contribution in [0.25, 0.3) is 10.6 Å². The SMILES string of the molecule is CC(C)N1C(=O)OC2(CCCN(C3CCN(C(=O)c4cc(-c5ccccn5)sc4NC(=O)OC(C)(C)C)CC3)C2)C1=O. The molecule has 4 amide bonds. The van der Waals surface area contributed by atoms with E-state index in [1.165, 1.54) is 16.2 Å². The summed E-state index contributed by atoms with van der Waals surface area (Å²) in [7, 11) is 0. The van der Waals surface area contributed by atoms with Crippen molar-refractivity contribution in [2.24, 2.45) is 0 Å². The molecule has 5 heterocycles. The summed E-state index contributed by atoms with van der Waals surface area (Å²) in [6, 6.07) is 7.25. The van der Waals surface area contributed by atoms with Gasteiger partial charge in [-0.1, -0.05) is 6.07 Å². The van der Waals surface area contributed by atoms with Gasteiger partial charge in [0.25, 0.3) is 11.8 Å². The lowest BCUT2D eigenvalue weighted by molar-refractivity contribution is -0.143. The number of pyridine rings is 1. The molecule has 226 valence electrons. The molecule has 12 heteroatoms. The van der Waals surface area contributed by atoms with E-state index in [4.69, 9.17) is 9.47 Å². The topological polar surface area (TPSA) is 121 Å². The Bertz CT molecular complexity index is 1350. The van der Waals surface area contributed by atoms with Gasteiger partial charge in [-0.05, 0) is 85.0 Å². The van der Waals surface area contributed by atoms with Gasteiger partial charge in [0.2, 0.25) is 5.60 Å². The number of imide groups is 1. The molecule has 2 aromatic heterocycles. The Hall–Kier alpha value is -3.51. The number of nitrogens with one attached hydrogen (secondary N) is 1. The minimum absolute atomic E-state index is 0.164. The molecule has 0 saturated carbocycles. The molecule has 0 aromatic carbocycles. The number of anilines is 1. The van der Waals surface area contributed by atoms with E-state index in [9.17, 15) is 19.2 Å². The fraction of sp³-hybridized carbons (Fsp3) is 0.567. The van der Waals surface area contributed by atoms with Crippen molar-refractivity contribution >= 4 is 40.3 Å². The molecular weight excluding hydrogens is 558 g/mol. The average molecular weight is 598 g/mol. The largest absolute Gasteiger partial charge is 0.444 e. The summed E-state index contributed by atoms with van der Waals surface area (Å²) in [5.41, 5.74) is -0.685. The number of piperidine rings is 2. The molecule has 1 N–H and O–H groups in total. The van der Waals surface area contributed by atoms with Crippen LogP contribution in [0.15, 0.2) is 30.5 Å². The first-order valence-electron chi connectivity index (χ1n) is 14.5. The Kier molecular flexibility index (Phi) is 8.30. The number of aromatic nitrogens is 1. The van der Waals surface area contributed by atoms with Gasteiger partial charge < -0.3 is 14.4 Å². The van der Waals surface area contributed by atoms with Crippen molar-refractivity contribution in [2.45, 2.75) is 83.6 Å². The second-order valence-electron chi connectivity index (χ2n) is 12.4. The molecule has 3 aliphatic rings. The average Bonchev–Trinajstić information content (AvgIpc) is 3.45. The lowest BCUT2D eigenvalue weighted by Gasteiger charge is -2.44. The number of amides is 4. The first-order valence-corrected chi connectivity index (χ1v) is 15.3. The van der Waals surface area contributed by atoms with E-state index >= 15 is 0 Å². The Morgan fingerprint density at radius 2 is 1.90 bits per heavy atom. The predicted molar refractivity (Wildman–Crippen MR) is 158 cm³/mol. The van der Waals surface area contributed by atoms with Crippen LogP contribution >= 0.6 is 11.3 Å². The minimum Gasteiger partial charge on any atom is -0.444 e. The Morgan fingerprint density at radius 3 is 2.52 bits per heavy atom. The smallest absolute Gasteiger partial charge is 0.418 e. The number of carbonyl (C=O) groups is 4. The third-order valence-electron chi connectivity index (χ3n) is 7.85. The number of nitrogens with zero attached hydrogens (tertiary/aromatic N) is 4. The van der Waals surface area contributed by atoms with Crippen molar-refractivity contribution < 1.29 is 28.7 Å². The summed E-state index contributed by atoms with van der Waals surface area (Å²) in [5, 5.41) is 3.20. The Balaban J connectivity index is 1.28. The van der Waals surface area contributed by atoms with Crippen molar-refractivity contribution in [1.82, 2.24) is 19.7 Å². The van der Waals surface area contributed by atoms with Gasteiger partial charge in [0.15, 0.2) is 0 Å². The van der Waals surface area contributed by atoms with Crippen LogP contribution in [0.5, 0.6) is 0 Å². The number of ether oxygens (including phenoxy) is 2. The predicted octanol–water partition coefficient (Wildman–Crippen LogP) is 4.98. The fourth-order valence-electron chi connectivity index (χ4n) is 5.91. The highest BCUT2D eigenvalue weighted by molar-refractivity contribution is 7.20. The van der Waals surface area contributed by atoms with Gasteiger partial charge in [0.05, 0.1) is 16.1 Å². The van der Waals surface area contributed by atoms with Gasteiger partial charge in [-0.2, -0.15) is 0 Å². The van der Waals surface area contributed by atoms with E-state index in [1.807, 2.05) is 36.9 Å². The zero-order valence-electron chi connectivity index (χ0n) is 24.8. The second-order valence-corrected chi connectivity index (χ2v) is 13.5. The molecule has 3 fully saturated rings. The van der Waals surface area contributed by atoms with Gasteiger partial charge in [-0.25, -0.2) is 14.5 Å². The van der Waals surface area contributed by atoms with Crippen LogP contribution in [0.3, 0.4) is 0 Å². The van der Waals surface area contributed by atoms with Crippen LogP contribution in [0, 0.1) is 0 Å². The highest BCUT2D eigenvalue weighted by atomic mass is 32.1. The maximum atomic E-state index is 13.8. The lowest BCUT2D eigenvalue weighted by Crippen LogP contribution is -2.58. The van der Waals surface area contributed by atoms with Crippen molar-refractivity contribution in [3.8, 4) is 10.6 Å². The molecule has 11 nitrogen and oxygen atoms in total. The zero-order valence-corrected chi connectivity index (χ0v) is 25.7. The molecule has 1 unspecified atom stereocenters. The number of rotatable bonds is 5. The van der Waals surface area contributed by atoms with Crippen LogP contribution in [0.1, 0.15) is 70.7 Å². The normalized spacial score (nSPS) is 22.1. The first-order chi connectivity index (χ1) is 19.9. The van der Waals surface area contributed by atoms with E-state index in [-0.39, 0.29) is 23.9 Å². The third kappa shape index (κ3) is 6.14. The standard InChI is InChI=1S/C30H39N5O6S/c1-19(2)35-26(37)30(41-28(35)39)12-8-14-34(18-30)20-10-15-33(16-11-20)25(36)21-17-23(22-9-6-7-13-31-22)42-24(21)32-27(38)40-29(3,4)5/h6-7,9,13,17,19-20H,8,10-12,14-16,18H2,1-5H3,(H,32,38). The fourth-order valence-corrected chi connectivity index (χ4v) is 6.92. The van der Waals surface area contributed by atoms with Crippen LogP contribution in [-0.2, 0) is 14.3 Å². The molecule has 42 heavy (non-hydrogen) atoms. The maximum Gasteiger partial charge on any atom is 0.418 e. The maximum absolute atomic E-state index is 13.8. The van der Waals surface area contributed by atoms with E-state index in [0.717, 1.165) is 30.7 Å². The number of thiophene rings is 1. The number of hydrogen-bond acceptors (Lipinski definition) is 9. The van der Waals surface area contributed by atoms with Crippen molar-refractivity contribution in [1.29, 1.82) is 0 Å². The van der Waals surface area contributed by atoms with Gasteiger partial charge in [-0.15, -0.1) is 11.3 Å². The van der Waals surface area contributed by atoms with Gasteiger partial charge >= 0.3 is 12.2 Å². The molecular formula is C30H39N5O6S. The summed E-state index contributed by atoms with van der Waals surface area (Å²) in [6.07, 6.45) is 3.24. The highest BCUT2D eigenvalue weighted by Gasteiger charge is 2.56. The second kappa shape index (κ2) is 11.6. The van der Waals surface area contributed by atoms with Crippen molar-refractivity contribution in [3.05, 3.63) is 36.0 Å². The third-order valence-corrected chi connectivity index (χ3v) is 8.92. The summed E-state index contributed by atoms with van der Waals surface area (Å²) in [5.74, 6) is -0.411. The Morgan fingerprint density at radius 1 is 1.17 bits per heavy atom. The van der Waals surface area contributed by atoms with Crippen molar-refractivity contribution in [3.63, 3.8) is 0 Å². The number of carbonyl (C=O) groups excluding carboxylic acids is 4. The summed E-state index contributed by atoms with van der Waals surface area (Å²) in [6.45, 7) is 11.2. The molecule has 3 aliphatic heterocycles. The van der Waals surface area contributed by atoms with Gasteiger partial charge in [-0.3, -0.25) is 24.8 Å². The van der Waals surface area contributed by atoms with Crippen molar-refractivity contribution in [2.75, 3.05) is 31.5 Å². The summed E-state index contributed by atoms with van der Waals surface area (Å²) >= 11 is 1.29. The molecule has 0 bridgehead atoms. The van der Waals surface area contributed by atoms with Gasteiger partial charge in [0, 0.05) is 37.9 Å². The summed E-state index contributed by atoms with van der Waals surface area (Å²) in [4.78, 5) is 62.6. The van der Waals surface area contributed by atoms with Gasteiger partial charge in [0.1, 0.15) is 10.6 Å². The quantitative estimate of drug-likeness (QED) is 0.512. The lowest BCUT2D eigenvalue weighted by atomic mass is 9.89. The van der Waals surface area contributed by atoms with E-state index in [0.29, 0.717) is 42.3 Å². The van der Waals surface area contributed by atoms with Crippen LogP contribution in [0.4, 0.5) is 14.6 Å². The first kappa shape index (κ1) is 30.0. The highest BCUT2D eigenvalue weighted by Crippen LogP contribution is 2.38. The molecule has 5 rings (SSSR count). The molecule has 0 aliphatic carbocycles. The molecule has 3 saturated heterocycles.